The minimum Gasteiger partial charge on any atom is -0.494 e. The first kappa shape index (κ1) is 16.4. The molecule has 23 heavy (non-hydrogen) atoms. The highest BCUT2D eigenvalue weighted by Gasteiger charge is 2.35. The molecule has 0 bridgehead atoms. The van der Waals surface area contributed by atoms with Gasteiger partial charge in [-0.3, -0.25) is 9.59 Å². The van der Waals surface area contributed by atoms with Crippen LogP contribution in [0.3, 0.4) is 0 Å². The van der Waals surface area contributed by atoms with E-state index in [1.165, 1.54) is 7.11 Å². The minimum atomic E-state index is -0.176. The van der Waals surface area contributed by atoms with Gasteiger partial charge in [-0.25, -0.2) is 0 Å². The number of piperazine rings is 1. The summed E-state index contributed by atoms with van der Waals surface area (Å²) in [5.41, 5.74) is 0.354. The molecule has 2 aliphatic rings. The Morgan fingerprint density at radius 1 is 1.09 bits per heavy atom. The first-order chi connectivity index (χ1) is 11.0. The van der Waals surface area contributed by atoms with Gasteiger partial charge in [0, 0.05) is 37.1 Å². The van der Waals surface area contributed by atoms with E-state index in [-0.39, 0.29) is 17.7 Å². The van der Waals surface area contributed by atoms with Gasteiger partial charge in [0.15, 0.2) is 0 Å². The van der Waals surface area contributed by atoms with E-state index in [0.29, 0.717) is 47.5 Å². The summed E-state index contributed by atoms with van der Waals surface area (Å²) in [5.74, 6) is 0.590. The van der Waals surface area contributed by atoms with E-state index in [0.717, 1.165) is 12.8 Å². The van der Waals surface area contributed by atoms with Crippen LogP contribution in [0.4, 0.5) is 0 Å². The summed E-state index contributed by atoms with van der Waals surface area (Å²) in [6.07, 6.45) is 1.99. The zero-order valence-corrected chi connectivity index (χ0v) is 14.4. The molecule has 1 aromatic rings. The third kappa shape index (κ3) is 3.40. The number of carbonyl (C=O) groups is 2. The molecule has 0 spiro atoms. The highest BCUT2D eigenvalue weighted by Crippen LogP contribution is 2.34. The fourth-order valence-electron chi connectivity index (χ4n) is 2.82. The Balaban J connectivity index is 1.71. The Morgan fingerprint density at radius 3 is 2.26 bits per heavy atom. The van der Waals surface area contributed by atoms with Gasteiger partial charge in [0.25, 0.3) is 5.91 Å². The lowest BCUT2D eigenvalue weighted by atomic mass is 10.1. The monoisotopic (exact) mass is 356 g/mol. The van der Waals surface area contributed by atoms with Crippen molar-refractivity contribution in [3.63, 3.8) is 0 Å². The molecule has 0 unspecified atom stereocenters. The standard InChI is InChI=1S/C16H18Cl2N2O3/c1-23-14-12(8-11(17)9-13(14)18)16(22)20-6-4-19(5-7-20)15(21)10-2-3-10/h8-10H,2-7H2,1H3. The Hall–Kier alpha value is -1.46. The molecule has 1 heterocycles. The van der Waals surface area contributed by atoms with Gasteiger partial charge in [-0.05, 0) is 25.0 Å². The number of methoxy groups -OCH3 is 1. The van der Waals surface area contributed by atoms with Crippen LogP contribution in [0.25, 0.3) is 0 Å². The summed E-state index contributed by atoms with van der Waals surface area (Å²) in [5, 5.41) is 0.701. The molecule has 0 N–H and O–H groups in total. The quantitative estimate of drug-likeness (QED) is 0.836. The van der Waals surface area contributed by atoms with Crippen molar-refractivity contribution in [3.05, 3.63) is 27.7 Å². The number of ether oxygens (including phenoxy) is 1. The number of rotatable bonds is 3. The molecule has 7 heteroatoms. The number of hydrogen-bond donors (Lipinski definition) is 0. The van der Waals surface area contributed by atoms with Gasteiger partial charge in [0.1, 0.15) is 5.75 Å². The molecule has 0 atom stereocenters. The topological polar surface area (TPSA) is 49.9 Å². The zero-order valence-electron chi connectivity index (χ0n) is 12.8. The average molecular weight is 357 g/mol. The first-order valence-electron chi connectivity index (χ1n) is 7.62. The van der Waals surface area contributed by atoms with E-state index in [2.05, 4.69) is 0 Å². The molecular formula is C16H18Cl2N2O3. The van der Waals surface area contributed by atoms with Crippen molar-refractivity contribution in [2.45, 2.75) is 12.8 Å². The maximum atomic E-state index is 12.7. The van der Waals surface area contributed by atoms with E-state index >= 15 is 0 Å². The van der Waals surface area contributed by atoms with Crippen molar-refractivity contribution >= 4 is 35.0 Å². The summed E-state index contributed by atoms with van der Waals surface area (Å²) in [6.45, 7) is 2.14. The molecular weight excluding hydrogens is 339 g/mol. The highest BCUT2D eigenvalue weighted by molar-refractivity contribution is 6.36. The number of amides is 2. The minimum absolute atomic E-state index is 0.176. The van der Waals surface area contributed by atoms with Gasteiger partial charge >= 0.3 is 0 Å². The largest absolute Gasteiger partial charge is 0.494 e. The molecule has 2 fully saturated rings. The fraction of sp³-hybridized carbons (Fsp3) is 0.500. The van der Waals surface area contributed by atoms with Crippen LogP contribution >= 0.6 is 23.2 Å². The molecule has 2 amide bonds. The third-order valence-corrected chi connectivity index (χ3v) is 4.75. The molecule has 1 aliphatic carbocycles. The normalized spacial score (nSPS) is 18.0. The summed E-state index contributed by atoms with van der Waals surface area (Å²) < 4.78 is 5.24. The summed E-state index contributed by atoms with van der Waals surface area (Å²) in [7, 11) is 1.47. The number of halogens is 2. The molecule has 124 valence electrons. The number of nitrogens with zero attached hydrogens (tertiary/aromatic N) is 2. The summed E-state index contributed by atoms with van der Waals surface area (Å²) in [6, 6.07) is 3.11. The van der Waals surface area contributed by atoms with Gasteiger partial charge in [-0.1, -0.05) is 23.2 Å². The van der Waals surface area contributed by atoms with Gasteiger partial charge in [0.2, 0.25) is 5.91 Å². The van der Waals surface area contributed by atoms with Crippen LogP contribution in [0.15, 0.2) is 12.1 Å². The second kappa shape index (κ2) is 6.57. The first-order valence-corrected chi connectivity index (χ1v) is 8.38. The van der Waals surface area contributed by atoms with Gasteiger partial charge in [0.05, 0.1) is 17.7 Å². The predicted octanol–water partition coefficient (Wildman–Crippen LogP) is 2.70. The molecule has 3 rings (SSSR count). The van der Waals surface area contributed by atoms with Crippen molar-refractivity contribution in [2.24, 2.45) is 5.92 Å². The van der Waals surface area contributed by atoms with Crippen molar-refractivity contribution in [2.75, 3.05) is 33.3 Å². The van der Waals surface area contributed by atoms with E-state index in [1.807, 2.05) is 4.90 Å². The van der Waals surface area contributed by atoms with Crippen LogP contribution in [0, 0.1) is 5.92 Å². The number of benzene rings is 1. The average Bonchev–Trinajstić information content (AvgIpc) is 3.38. The maximum absolute atomic E-state index is 12.7. The van der Waals surface area contributed by atoms with E-state index in [1.54, 1.807) is 17.0 Å². The SMILES string of the molecule is COc1c(Cl)cc(Cl)cc1C(=O)N1CCN(C(=O)C2CC2)CC1. The maximum Gasteiger partial charge on any atom is 0.257 e. The lowest BCUT2D eigenvalue weighted by molar-refractivity contribution is -0.134. The highest BCUT2D eigenvalue weighted by atomic mass is 35.5. The third-order valence-electron chi connectivity index (χ3n) is 4.25. The van der Waals surface area contributed by atoms with E-state index in [9.17, 15) is 9.59 Å². The van der Waals surface area contributed by atoms with E-state index < -0.39 is 0 Å². The molecule has 1 saturated carbocycles. The van der Waals surface area contributed by atoms with Crippen LogP contribution in [0.2, 0.25) is 10.0 Å². The van der Waals surface area contributed by atoms with Gasteiger partial charge in [-0.15, -0.1) is 0 Å². The van der Waals surface area contributed by atoms with Crippen LogP contribution in [-0.2, 0) is 4.79 Å². The van der Waals surface area contributed by atoms with Crippen molar-refractivity contribution in [1.29, 1.82) is 0 Å². The molecule has 1 aliphatic heterocycles. The smallest absolute Gasteiger partial charge is 0.257 e. The van der Waals surface area contributed by atoms with Crippen molar-refractivity contribution in [3.8, 4) is 5.75 Å². The van der Waals surface area contributed by atoms with Crippen LogP contribution in [-0.4, -0.2) is 54.9 Å². The summed E-state index contributed by atoms with van der Waals surface area (Å²) in [4.78, 5) is 28.4. The lowest BCUT2D eigenvalue weighted by Gasteiger charge is -2.35. The lowest BCUT2D eigenvalue weighted by Crippen LogP contribution is -2.51. The molecule has 0 radical (unpaired) electrons. The zero-order chi connectivity index (χ0) is 16.6. The molecule has 5 nitrogen and oxygen atoms in total. The Bertz CT molecular complexity index is 638. The molecule has 1 saturated heterocycles. The van der Waals surface area contributed by atoms with Crippen molar-refractivity contribution in [1.82, 2.24) is 9.80 Å². The van der Waals surface area contributed by atoms with Crippen LogP contribution in [0.5, 0.6) is 5.75 Å². The fourth-order valence-corrected chi connectivity index (χ4v) is 3.39. The van der Waals surface area contributed by atoms with E-state index in [4.69, 9.17) is 27.9 Å². The molecule has 0 aromatic heterocycles. The summed E-state index contributed by atoms with van der Waals surface area (Å²) >= 11 is 12.1. The Labute approximate surface area is 145 Å². The second-order valence-corrected chi connectivity index (χ2v) is 6.70. The van der Waals surface area contributed by atoms with Gasteiger partial charge < -0.3 is 14.5 Å². The predicted molar refractivity (Wildman–Crippen MR) is 88.2 cm³/mol. The molecule has 1 aromatic carbocycles. The van der Waals surface area contributed by atoms with Crippen molar-refractivity contribution < 1.29 is 14.3 Å². The number of hydrogen-bond acceptors (Lipinski definition) is 3. The van der Waals surface area contributed by atoms with Gasteiger partial charge in [-0.2, -0.15) is 0 Å². The Morgan fingerprint density at radius 2 is 1.70 bits per heavy atom. The Kier molecular flexibility index (Phi) is 4.69. The van der Waals surface area contributed by atoms with Crippen LogP contribution in [0.1, 0.15) is 23.2 Å². The number of carbonyl (C=O) groups excluding carboxylic acids is 2. The second-order valence-electron chi connectivity index (χ2n) is 5.86. The van der Waals surface area contributed by atoms with Crippen LogP contribution < -0.4 is 4.74 Å².